The fourth-order valence-corrected chi connectivity index (χ4v) is 3.93. The van der Waals surface area contributed by atoms with E-state index in [0.29, 0.717) is 12.2 Å². The van der Waals surface area contributed by atoms with E-state index in [2.05, 4.69) is 16.0 Å². The van der Waals surface area contributed by atoms with E-state index in [1.807, 2.05) is 43.3 Å². The molecule has 36 heavy (non-hydrogen) atoms. The van der Waals surface area contributed by atoms with Gasteiger partial charge in [0.1, 0.15) is 12.1 Å². The first kappa shape index (κ1) is 26.7. The van der Waals surface area contributed by atoms with Crippen molar-refractivity contribution in [1.82, 2.24) is 15.5 Å². The lowest BCUT2D eigenvalue weighted by molar-refractivity contribution is -0.129. The summed E-state index contributed by atoms with van der Waals surface area (Å²) in [6.45, 7) is 7.57. The summed E-state index contributed by atoms with van der Waals surface area (Å²) in [6, 6.07) is 16.8. The van der Waals surface area contributed by atoms with Crippen molar-refractivity contribution in [3.63, 3.8) is 0 Å². The minimum atomic E-state index is -0.663. The van der Waals surface area contributed by atoms with Gasteiger partial charge in [0, 0.05) is 25.2 Å². The van der Waals surface area contributed by atoms with Gasteiger partial charge in [0.25, 0.3) is 0 Å². The zero-order chi connectivity index (χ0) is 26.3. The van der Waals surface area contributed by atoms with Gasteiger partial charge in [-0.25, -0.2) is 4.79 Å². The Kier molecular flexibility index (Phi) is 8.68. The van der Waals surface area contributed by atoms with Gasteiger partial charge in [-0.15, -0.1) is 0 Å². The number of carbonyl (C=O) groups excluding carboxylic acids is 4. The van der Waals surface area contributed by atoms with Crippen molar-refractivity contribution in [3.8, 4) is 0 Å². The molecule has 0 spiro atoms. The van der Waals surface area contributed by atoms with Crippen molar-refractivity contribution in [2.24, 2.45) is 5.92 Å². The summed E-state index contributed by atoms with van der Waals surface area (Å²) in [7, 11) is 0. The lowest BCUT2D eigenvalue weighted by atomic mass is 10.1. The summed E-state index contributed by atoms with van der Waals surface area (Å²) >= 11 is 0. The van der Waals surface area contributed by atoms with E-state index >= 15 is 0 Å². The molecule has 0 saturated carbocycles. The molecule has 2 unspecified atom stereocenters. The lowest BCUT2D eigenvalue weighted by Gasteiger charge is -2.25. The number of carbonyl (C=O) groups is 4. The maximum absolute atomic E-state index is 12.9. The molecule has 1 heterocycles. The number of rotatable bonds is 8. The topological polar surface area (TPSA) is 117 Å². The van der Waals surface area contributed by atoms with Crippen molar-refractivity contribution in [2.45, 2.75) is 52.3 Å². The first-order chi connectivity index (χ1) is 17.0. The molecule has 0 aromatic heterocycles. The first-order valence-corrected chi connectivity index (χ1v) is 12.0. The lowest BCUT2D eigenvalue weighted by Crippen LogP contribution is -2.39. The van der Waals surface area contributed by atoms with Gasteiger partial charge in [-0.3, -0.25) is 14.4 Å². The molecule has 2 atom stereocenters. The maximum Gasteiger partial charge on any atom is 0.408 e. The van der Waals surface area contributed by atoms with Crippen molar-refractivity contribution in [3.05, 3.63) is 65.7 Å². The summed E-state index contributed by atoms with van der Waals surface area (Å²) in [6.07, 6.45) is -0.492. The fourth-order valence-electron chi connectivity index (χ4n) is 3.93. The highest BCUT2D eigenvalue weighted by molar-refractivity contribution is 5.97. The van der Waals surface area contributed by atoms with Crippen LogP contribution in [0.2, 0.25) is 0 Å². The quantitative estimate of drug-likeness (QED) is 0.520. The molecule has 3 rings (SSSR count). The van der Waals surface area contributed by atoms with E-state index in [0.717, 1.165) is 11.1 Å². The zero-order valence-corrected chi connectivity index (χ0v) is 21.2. The van der Waals surface area contributed by atoms with E-state index in [1.54, 1.807) is 43.9 Å². The van der Waals surface area contributed by atoms with Crippen LogP contribution in [0.15, 0.2) is 54.6 Å². The van der Waals surface area contributed by atoms with Crippen LogP contribution in [0.25, 0.3) is 0 Å². The Morgan fingerprint density at radius 2 is 1.78 bits per heavy atom. The van der Waals surface area contributed by atoms with E-state index < -0.39 is 17.6 Å². The molecular formula is C27H34N4O5. The molecule has 0 aliphatic carbocycles. The van der Waals surface area contributed by atoms with Crippen LogP contribution in [-0.2, 0) is 25.7 Å². The molecule has 9 nitrogen and oxygen atoms in total. The Balaban J connectivity index is 1.48. The molecule has 3 N–H and O–H groups in total. The average Bonchev–Trinajstić information content (AvgIpc) is 3.22. The van der Waals surface area contributed by atoms with E-state index in [4.69, 9.17) is 4.74 Å². The second kappa shape index (κ2) is 11.7. The number of ether oxygens (including phenoxy) is 1. The minimum absolute atomic E-state index is 0.0389. The first-order valence-electron chi connectivity index (χ1n) is 12.0. The number of nitrogens with one attached hydrogen (secondary N) is 3. The van der Waals surface area contributed by atoms with Crippen LogP contribution in [0.5, 0.6) is 0 Å². The SMILES string of the molecule is CC(c1ccccc1)N1CC(C(=O)Nc2cccc(CNC(=O)CNC(=O)OC(C)(C)C)c2)CC1=O. The van der Waals surface area contributed by atoms with Crippen molar-refractivity contribution >= 4 is 29.5 Å². The fraction of sp³-hybridized carbons (Fsp3) is 0.407. The van der Waals surface area contributed by atoms with E-state index in [9.17, 15) is 19.2 Å². The molecule has 0 bridgehead atoms. The van der Waals surface area contributed by atoms with Crippen LogP contribution in [0.3, 0.4) is 0 Å². The van der Waals surface area contributed by atoms with E-state index in [1.165, 1.54) is 0 Å². The van der Waals surface area contributed by atoms with Crippen molar-refractivity contribution in [2.75, 3.05) is 18.4 Å². The Morgan fingerprint density at radius 1 is 1.06 bits per heavy atom. The highest BCUT2D eigenvalue weighted by Gasteiger charge is 2.37. The molecule has 4 amide bonds. The third-order valence-electron chi connectivity index (χ3n) is 5.76. The Morgan fingerprint density at radius 3 is 2.47 bits per heavy atom. The molecule has 192 valence electrons. The molecule has 2 aromatic rings. The number of nitrogens with zero attached hydrogens (tertiary/aromatic N) is 1. The van der Waals surface area contributed by atoms with Crippen molar-refractivity contribution in [1.29, 1.82) is 0 Å². The number of hydrogen-bond acceptors (Lipinski definition) is 5. The number of benzene rings is 2. The van der Waals surface area contributed by atoms with E-state index in [-0.39, 0.29) is 43.3 Å². The molecule has 9 heteroatoms. The molecule has 1 fully saturated rings. The third-order valence-corrected chi connectivity index (χ3v) is 5.76. The summed E-state index contributed by atoms with van der Waals surface area (Å²) in [5.74, 6) is -1.06. The van der Waals surface area contributed by atoms with Crippen LogP contribution in [0, 0.1) is 5.92 Å². The third kappa shape index (κ3) is 7.83. The molecule has 1 saturated heterocycles. The minimum Gasteiger partial charge on any atom is -0.444 e. The van der Waals surface area contributed by atoms with Crippen LogP contribution in [-0.4, -0.2) is 47.4 Å². The Hall–Kier alpha value is -3.88. The summed E-state index contributed by atoms with van der Waals surface area (Å²) in [5, 5.41) is 8.02. The number of amides is 4. The van der Waals surface area contributed by atoms with Gasteiger partial charge in [0.2, 0.25) is 17.7 Å². The predicted octanol–water partition coefficient (Wildman–Crippen LogP) is 3.38. The van der Waals surface area contributed by atoms with Crippen LogP contribution >= 0.6 is 0 Å². The summed E-state index contributed by atoms with van der Waals surface area (Å²) in [5.41, 5.74) is 1.75. The second-order valence-electron chi connectivity index (χ2n) is 9.86. The summed E-state index contributed by atoms with van der Waals surface area (Å²) < 4.78 is 5.10. The standard InChI is InChI=1S/C27H34N4O5/c1-18(20-10-6-5-7-11-20)31-17-21(14-24(31)33)25(34)30-22-12-8-9-19(13-22)15-28-23(32)16-29-26(35)36-27(2,3)4/h5-13,18,21H,14-17H2,1-4H3,(H,28,32)(H,29,35)(H,30,34). The van der Waals surface area contributed by atoms with Crippen LogP contribution in [0.1, 0.15) is 51.3 Å². The van der Waals surface area contributed by atoms with Gasteiger partial charge in [-0.1, -0.05) is 42.5 Å². The largest absolute Gasteiger partial charge is 0.444 e. The number of alkyl carbamates (subject to hydrolysis) is 1. The molecule has 1 aliphatic heterocycles. The Bertz CT molecular complexity index is 1100. The zero-order valence-electron chi connectivity index (χ0n) is 21.2. The summed E-state index contributed by atoms with van der Waals surface area (Å²) in [4.78, 5) is 50.9. The van der Waals surface area contributed by atoms with Gasteiger partial charge in [0.05, 0.1) is 12.0 Å². The normalized spacial score (nSPS) is 16.3. The number of hydrogen-bond donors (Lipinski definition) is 3. The van der Waals surface area contributed by atoms with Gasteiger partial charge in [0.15, 0.2) is 0 Å². The maximum atomic E-state index is 12.9. The highest BCUT2D eigenvalue weighted by atomic mass is 16.6. The van der Waals surface area contributed by atoms with Gasteiger partial charge in [-0.05, 0) is 51.0 Å². The second-order valence-corrected chi connectivity index (χ2v) is 9.86. The van der Waals surface area contributed by atoms with Gasteiger partial charge in [-0.2, -0.15) is 0 Å². The van der Waals surface area contributed by atoms with Crippen molar-refractivity contribution < 1.29 is 23.9 Å². The molecule has 2 aromatic carbocycles. The smallest absolute Gasteiger partial charge is 0.408 e. The molecular weight excluding hydrogens is 460 g/mol. The molecule has 1 aliphatic rings. The average molecular weight is 495 g/mol. The monoisotopic (exact) mass is 494 g/mol. The predicted molar refractivity (Wildman–Crippen MR) is 136 cm³/mol. The van der Waals surface area contributed by atoms with Gasteiger partial charge >= 0.3 is 6.09 Å². The molecule has 0 radical (unpaired) electrons. The number of anilines is 1. The Labute approximate surface area is 211 Å². The highest BCUT2D eigenvalue weighted by Crippen LogP contribution is 2.29. The number of likely N-dealkylation sites (tertiary alicyclic amines) is 1. The van der Waals surface area contributed by atoms with Gasteiger partial charge < -0.3 is 25.6 Å². The van der Waals surface area contributed by atoms with Crippen LogP contribution in [0.4, 0.5) is 10.5 Å². The van der Waals surface area contributed by atoms with Crippen LogP contribution < -0.4 is 16.0 Å².